The van der Waals surface area contributed by atoms with Crippen LogP contribution in [0.3, 0.4) is 0 Å². The normalized spacial score (nSPS) is 16.7. The number of piperidine rings is 1. The number of amides is 1. The molecule has 0 atom stereocenters. The number of rotatable bonds is 7. The van der Waals surface area contributed by atoms with Gasteiger partial charge >= 0.3 is 11.9 Å². The second-order valence-corrected chi connectivity index (χ2v) is 7.38. The van der Waals surface area contributed by atoms with Crippen LogP contribution in [0.2, 0.25) is 0 Å². The highest BCUT2D eigenvalue weighted by Crippen LogP contribution is 2.21. The van der Waals surface area contributed by atoms with Crippen molar-refractivity contribution in [2.75, 3.05) is 69.2 Å². The molecule has 0 saturated carbocycles. The highest BCUT2D eigenvalue weighted by molar-refractivity contribution is 6.27. The van der Waals surface area contributed by atoms with Crippen LogP contribution < -0.4 is 15.5 Å². The van der Waals surface area contributed by atoms with Crippen molar-refractivity contribution in [2.24, 2.45) is 0 Å². The van der Waals surface area contributed by atoms with Crippen molar-refractivity contribution >= 4 is 29.2 Å². The van der Waals surface area contributed by atoms with E-state index in [0.29, 0.717) is 6.54 Å². The maximum absolute atomic E-state index is 12.0. The van der Waals surface area contributed by atoms with Crippen LogP contribution in [0.15, 0.2) is 24.3 Å². The van der Waals surface area contributed by atoms with Crippen LogP contribution in [-0.4, -0.2) is 92.0 Å². The van der Waals surface area contributed by atoms with E-state index in [0.717, 1.165) is 58.2 Å². The Bertz CT molecular complexity index is 688. The summed E-state index contributed by atoms with van der Waals surface area (Å²) in [7, 11) is 0. The van der Waals surface area contributed by atoms with Gasteiger partial charge in [0, 0.05) is 50.6 Å². The number of aliphatic carboxylic acids is 2. The molecule has 1 aromatic carbocycles. The van der Waals surface area contributed by atoms with Crippen LogP contribution in [0.4, 0.5) is 11.4 Å². The van der Waals surface area contributed by atoms with Crippen molar-refractivity contribution in [3.63, 3.8) is 0 Å². The summed E-state index contributed by atoms with van der Waals surface area (Å²) in [6.45, 7) is 7.99. The highest BCUT2D eigenvalue weighted by Gasteiger charge is 2.12. The molecule has 172 valence electrons. The third-order valence-corrected chi connectivity index (χ3v) is 5.05. The number of carboxylic acids is 2. The molecule has 0 aromatic heterocycles. The second-order valence-electron chi connectivity index (χ2n) is 7.38. The monoisotopic (exact) mass is 436 g/mol. The Balaban J connectivity index is 0.000000501. The first-order chi connectivity index (χ1) is 15.0. The van der Waals surface area contributed by atoms with Gasteiger partial charge in [-0.3, -0.25) is 9.69 Å². The molecule has 1 amide bonds. The van der Waals surface area contributed by atoms with Crippen LogP contribution in [0, 0.1) is 0 Å². The number of carbonyl (C=O) groups excluding carboxylic acids is 1. The van der Waals surface area contributed by atoms with E-state index in [2.05, 4.69) is 32.6 Å². The lowest BCUT2D eigenvalue weighted by Gasteiger charge is -2.28. The Kier molecular flexibility index (Phi) is 10.8. The van der Waals surface area contributed by atoms with Crippen LogP contribution in [0.25, 0.3) is 0 Å². The zero-order valence-corrected chi connectivity index (χ0v) is 17.7. The molecule has 1 aromatic rings. The summed E-state index contributed by atoms with van der Waals surface area (Å²) < 4.78 is 5.33. The van der Waals surface area contributed by atoms with Gasteiger partial charge in [0.05, 0.1) is 19.8 Å². The molecule has 0 aliphatic carbocycles. The number of nitrogens with one attached hydrogen (secondary N) is 2. The van der Waals surface area contributed by atoms with Crippen molar-refractivity contribution in [1.29, 1.82) is 0 Å². The molecule has 0 radical (unpaired) electrons. The number of anilines is 2. The number of ether oxygens (including phenoxy) is 1. The Morgan fingerprint density at radius 1 is 0.903 bits per heavy atom. The first-order valence-corrected chi connectivity index (χ1v) is 10.6. The summed E-state index contributed by atoms with van der Waals surface area (Å²) >= 11 is 0. The van der Waals surface area contributed by atoms with Gasteiger partial charge in [-0.25, -0.2) is 9.59 Å². The molecule has 2 aliphatic rings. The van der Waals surface area contributed by atoms with Crippen molar-refractivity contribution in [2.45, 2.75) is 19.3 Å². The molecule has 2 heterocycles. The molecule has 4 N–H and O–H groups in total. The van der Waals surface area contributed by atoms with E-state index in [9.17, 15) is 4.79 Å². The van der Waals surface area contributed by atoms with E-state index in [1.165, 1.54) is 24.9 Å². The first-order valence-electron chi connectivity index (χ1n) is 10.6. The van der Waals surface area contributed by atoms with Gasteiger partial charge in [-0.05, 0) is 43.5 Å². The second kappa shape index (κ2) is 13.6. The molecule has 10 nitrogen and oxygen atoms in total. The molecule has 2 saturated heterocycles. The van der Waals surface area contributed by atoms with Gasteiger partial charge in [0.15, 0.2) is 0 Å². The Hall–Kier alpha value is -2.69. The maximum atomic E-state index is 12.0. The lowest BCUT2D eigenvalue weighted by Crippen LogP contribution is -2.41. The molecule has 31 heavy (non-hydrogen) atoms. The van der Waals surface area contributed by atoms with Crippen LogP contribution >= 0.6 is 0 Å². The number of nitrogens with zero attached hydrogens (tertiary/aromatic N) is 2. The third kappa shape index (κ3) is 9.77. The molecular weight excluding hydrogens is 404 g/mol. The fourth-order valence-corrected chi connectivity index (χ4v) is 3.38. The Morgan fingerprint density at radius 2 is 1.52 bits per heavy atom. The Morgan fingerprint density at radius 3 is 2.10 bits per heavy atom. The first kappa shape index (κ1) is 24.6. The molecule has 0 bridgehead atoms. The lowest BCUT2D eigenvalue weighted by atomic mass is 10.1. The molecule has 10 heteroatoms. The molecular formula is C21H32N4O6. The van der Waals surface area contributed by atoms with E-state index in [4.69, 9.17) is 24.5 Å². The standard InChI is InChI=1S/C19H30N4O2.C2H2O4/c24-19(16-20-8-11-22-12-14-25-15-13-22)21-17-4-6-18(7-5-17)23-9-2-1-3-10-23;3-1(4)2(5)6/h4-7,20H,1-3,8-16H2,(H,21,24);(H,3,4)(H,5,6). The molecule has 2 aliphatic heterocycles. The predicted molar refractivity (Wildman–Crippen MR) is 117 cm³/mol. The number of morpholine rings is 1. The largest absolute Gasteiger partial charge is 0.473 e. The van der Waals surface area contributed by atoms with Crippen LogP contribution in [0.1, 0.15) is 19.3 Å². The number of carbonyl (C=O) groups is 3. The van der Waals surface area contributed by atoms with Gasteiger partial charge < -0.3 is 30.5 Å². The van der Waals surface area contributed by atoms with Gasteiger partial charge in [-0.15, -0.1) is 0 Å². The van der Waals surface area contributed by atoms with Gasteiger partial charge in [0.25, 0.3) is 0 Å². The molecule has 0 unspecified atom stereocenters. The fraction of sp³-hybridized carbons (Fsp3) is 0.571. The summed E-state index contributed by atoms with van der Waals surface area (Å²) in [5.41, 5.74) is 2.11. The summed E-state index contributed by atoms with van der Waals surface area (Å²) in [4.78, 5) is 35.0. The van der Waals surface area contributed by atoms with Gasteiger partial charge in [0.2, 0.25) is 5.91 Å². The van der Waals surface area contributed by atoms with Crippen molar-refractivity contribution in [1.82, 2.24) is 10.2 Å². The smallest absolute Gasteiger partial charge is 0.414 e. The molecule has 3 rings (SSSR count). The minimum Gasteiger partial charge on any atom is -0.473 e. The average molecular weight is 437 g/mol. The molecule has 2 fully saturated rings. The fourth-order valence-electron chi connectivity index (χ4n) is 3.38. The van der Waals surface area contributed by atoms with Gasteiger partial charge in [0.1, 0.15) is 0 Å². The number of benzene rings is 1. The third-order valence-electron chi connectivity index (χ3n) is 5.05. The number of hydrogen-bond acceptors (Lipinski definition) is 7. The zero-order valence-electron chi connectivity index (χ0n) is 17.7. The van der Waals surface area contributed by atoms with Crippen molar-refractivity contribution in [3.8, 4) is 0 Å². The quantitative estimate of drug-likeness (QED) is 0.360. The minimum absolute atomic E-state index is 0.00713. The Labute approximate surface area is 182 Å². The van der Waals surface area contributed by atoms with Crippen molar-refractivity contribution in [3.05, 3.63) is 24.3 Å². The van der Waals surface area contributed by atoms with E-state index in [-0.39, 0.29) is 5.91 Å². The van der Waals surface area contributed by atoms with Gasteiger partial charge in [-0.2, -0.15) is 0 Å². The average Bonchev–Trinajstić information content (AvgIpc) is 2.79. The summed E-state index contributed by atoms with van der Waals surface area (Å²) in [5.74, 6) is -3.64. The summed E-state index contributed by atoms with van der Waals surface area (Å²) in [6, 6.07) is 8.20. The van der Waals surface area contributed by atoms with Gasteiger partial charge in [-0.1, -0.05) is 0 Å². The SMILES string of the molecule is O=C(CNCCN1CCOCC1)Nc1ccc(N2CCCCC2)cc1.O=C(O)C(=O)O. The minimum atomic E-state index is -1.82. The van der Waals surface area contributed by atoms with Crippen molar-refractivity contribution < 1.29 is 29.3 Å². The van der Waals surface area contributed by atoms with Crippen LogP contribution in [-0.2, 0) is 19.1 Å². The summed E-state index contributed by atoms with van der Waals surface area (Å²) in [6.07, 6.45) is 3.88. The lowest BCUT2D eigenvalue weighted by molar-refractivity contribution is -0.159. The van der Waals surface area contributed by atoms with E-state index in [1.54, 1.807) is 0 Å². The topological polar surface area (TPSA) is 131 Å². The summed E-state index contributed by atoms with van der Waals surface area (Å²) in [5, 5.41) is 21.0. The predicted octanol–water partition coefficient (Wildman–Crippen LogP) is 0.693. The van der Waals surface area contributed by atoms with E-state index in [1.807, 2.05) is 12.1 Å². The highest BCUT2D eigenvalue weighted by atomic mass is 16.5. The maximum Gasteiger partial charge on any atom is 0.414 e. The van der Waals surface area contributed by atoms with E-state index < -0.39 is 11.9 Å². The zero-order chi connectivity index (χ0) is 22.5. The number of hydrogen-bond donors (Lipinski definition) is 4. The number of carboxylic acid groups (broad SMARTS) is 2. The van der Waals surface area contributed by atoms with Crippen LogP contribution in [0.5, 0.6) is 0 Å². The van der Waals surface area contributed by atoms with E-state index >= 15 is 0 Å². The molecule has 0 spiro atoms.